The summed E-state index contributed by atoms with van der Waals surface area (Å²) >= 11 is 2.01. The van der Waals surface area contributed by atoms with E-state index in [1.165, 1.54) is 16.7 Å². The van der Waals surface area contributed by atoms with Crippen LogP contribution in [0.25, 0.3) is 11.4 Å². The standard InChI is InChI=1S/C21H23N3OS/c1-15-6-8-17(9-7-15)19-14-26-11-10-24(19)13-20-22-21(23-25-20)18-5-3-4-16(2)12-18/h3-9,12,19H,10-11,13-14H2,1-2H3. The molecule has 2 heterocycles. The molecule has 1 atom stereocenters. The Kier molecular flexibility index (Phi) is 5.09. The topological polar surface area (TPSA) is 42.2 Å². The van der Waals surface area contributed by atoms with E-state index in [0.29, 0.717) is 24.3 Å². The first-order chi connectivity index (χ1) is 12.7. The number of nitrogens with zero attached hydrogens (tertiary/aromatic N) is 3. The number of thioether (sulfide) groups is 1. The van der Waals surface area contributed by atoms with Gasteiger partial charge in [-0.2, -0.15) is 16.7 Å². The summed E-state index contributed by atoms with van der Waals surface area (Å²) in [6.45, 7) is 5.92. The summed E-state index contributed by atoms with van der Waals surface area (Å²) in [4.78, 5) is 7.08. The molecular weight excluding hydrogens is 342 g/mol. The third kappa shape index (κ3) is 3.84. The molecule has 0 aliphatic carbocycles. The summed E-state index contributed by atoms with van der Waals surface area (Å²) in [5.41, 5.74) is 4.86. The van der Waals surface area contributed by atoms with Crippen molar-refractivity contribution in [1.29, 1.82) is 0 Å². The van der Waals surface area contributed by atoms with Crippen molar-refractivity contribution in [2.45, 2.75) is 26.4 Å². The van der Waals surface area contributed by atoms with Gasteiger partial charge < -0.3 is 4.52 Å². The second-order valence-electron chi connectivity index (χ2n) is 6.85. The predicted molar refractivity (Wildman–Crippen MR) is 106 cm³/mol. The predicted octanol–water partition coefficient (Wildman–Crippen LogP) is 4.64. The average molecular weight is 366 g/mol. The molecule has 3 aromatic rings. The molecule has 0 bridgehead atoms. The first kappa shape index (κ1) is 17.3. The highest BCUT2D eigenvalue weighted by molar-refractivity contribution is 7.99. The molecule has 2 aromatic carbocycles. The van der Waals surface area contributed by atoms with Gasteiger partial charge in [-0.3, -0.25) is 4.90 Å². The molecule has 134 valence electrons. The molecule has 1 fully saturated rings. The van der Waals surface area contributed by atoms with E-state index in [1.807, 2.05) is 23.9 Å². The Morgan fingerprint density at radius 1 is 1.12 bits per heavy atom. The van der Waals surface area contributed by atoms with Crippen LogP contribution in [0, 0.1) is 13.8 Å². The Hall–Kier alpha value is -2.11. The highest BCUT2D eigenvalue weighted by atomic mass is 32.2. The van der Waals surface area contributed by atoms with Crippen LogP contribution in [0.2, 0.25) is 0 Å². The largest absolute Gasteiger partial charge is 0.338 e. The Morgan fingerprint density at radius 2 is 1.96 bits per heavy atom. The Morgan fingerprint density at radius 3 is 2.77 bits per heavy atom. The van der Waals surface area contributed by atoms with Gasteiger partial charge in [0.05, 0.1) is 6.54 Å². The molecule has 4 rings (SSSR count). The summed E-state index contributed by atoms with van der Waals surface area (Å²) in [5, 5.41) is 4.18. The highest BCUT2D eigenvalue weighted by Gasteiger charge is 2.26. The van der Waals surface area contributed by atoms with E-state index in [0.717, 1.165) is 23.6 Å². The average Bonchev–Trinajstić information content (AvgIpc) is 3.12. The number of aromatic nitrogens is 2. The van der Waals surface area contributed by atoms with Crippen molar-refractivity contribution in [3.63, 3.8) is 0 Å². The van der Waals surface area contributed by atoms with Crippen LogP contribution in [0.4, 0.5) is 0 Å². The Balaban J connectivity index is 1.52. The van der Waals surface area contributed by atoms with Gasteiger partial charge in [0.15, 0.2) is 0 Å². The molecule has 1 aliphatic rings. The van der Waals surface area contributed by atoms with E-state index in [-0.39, 0.29) is 0 Å². The molecular formula is C21H23N3OS. The van der Waals surface area contributed by atoms with Gasteiger partial charge in [0.1, 0.15) is 0 Å². The first-order valence-electron chi connectivity index (χ1n) is 8.97. The van der Waals surface area contributed by atoms with Gasteiger partial charge in [0.2, 0.25) is 11.7 Å². The van der Waals surface area contributed by atoms with E-state index >= 15 is 0 Å². The van der Waals surface area contributed by atoms with Crippen LogP contribution in [-0.2, 0) is 6.54 Å². The molecule has 5 heteroatoms. The minimum Gasteiger partial charge on any atom is -0.338 e. The lowest BCUT2D eigenvalue weighted by molar-refractivity contribution is 0.184. The number of hydrogen-bond donors (Lipinski definition) is 0. The second-order valence-corrected chi connectivity index (χ2v) is 8.00. The first-order valence-corrected chi connectivity index (χ1v) is 10.1. The lowest BCUT2D eigenvalue weighted by atomic mass is 10.0. The van der Waals surface area contributed by atoms with Gasteiger partial charge in [-0.15, -0.1) is 0 Å². The van der Waals surface area contributed by atoms with Gasteiger partial charge in [-0.05, 0) is 25.5 Å². The molecule has 0 saturated carbocycles. The van der Waals surface area contributed by atoms with Crippen molar-refractivity contribution in [3.8, 4) is 11.4 Å². The number of rotatable bonds is 4. The Bertz CT molecular complexity index is 875. The third-order valence-corrected chi connectivity index (χ3v) is 5.81. The fourth-order valence-electron chi connectivity index (χ4n) is 3.32. The fraction of sp³-hybridized carbons (Fsp3) is 0.333. The molecule has 0 spiro atoms. The van der Waals surface area contributed by atoms with E-state index in [2.05, 4.69) is 65.3 Å². The molecule has 1 aliphatic heterocycles. The summed E-state index contributed by atoms with van der Waals surface area (Å²) in [6.07, 6.45) is 0. The molecule has 4 nitrogen and oxygen atoms in total. The van der Waals surface area contributed by atoms with E-state index in [1.54, 1.807) is 0 Å². The summed E-state index contributed by atoms with van der Waals surface area (Å²) in [6, 6.07) is 17.5. The van der Waals surface area contributed by atoms with Crippen molar-refractivity contribution in [2.24, 2.45) is 0 Å². The molecule has 0 amide bonds. The molecule has 1 unspecified atom stereocenters. The minimum absolute atomic E-state index is 0.392. The molecule has 1 saturated heterocycles. The zero-order valence-corrected chi connectivity index (χ0v) is 16.0. The van der Waals surface area contributed by atoms with Crippen molar-refractivity contribution in [3.05, 3.63) is 71.1 Å². The fourth-order valence-corrected chi connectivity index (χ4v) is 4.47. The smallest absolute Gasteiger partial charge is 0.241 e. The third-order valence-electron chi connectivity index (χ3n) is 4.78. The van der Waals surface area contributed by atoms with Crippen LogP contribution in [0.5, 0.6) is 0 Å². The van der Waals surface area contributed by atoms with Gasteiger partial charge in [-0.1, -0.05) is 58.7 Å². The lowest BCUT2D eigenvalue weighted by Crippen LogP contribution is -2.35. The normalized spacial score (nSPS) is 18.2. The maximum absolute atomic E-state index is 5.56. The van der Waals surface area contributed by atoms with Crippen LogP contribution >= 0.6 is 11.8 Å². The Labute approximate surface area is 158 Å². The van der Waals surface area contributed by atoms with Crippen LogP contribution in [-0.4, -0.2) is 33.1 Å². The van der Waals surface area contributed by atoms with Crippen molar-refractivity contribution in [2.75, 3.05) is 18.1 Å². The summed E-state index contributed by atoms with van der Waals surface area (Å²) < 4.78 is 5.56. The van der Waals surface area contributed by atoms with Gasteiger partial charge in [0.25, 0.3) is 0 Å². The van der Waals surface area contributed by atoms with E-state index in [4.69, 9.17) is 4.52 Å². The van der Waals surface area contributed by atoms with Crippen molar-refractivity contribution in [1.82, 2.24) is 15.0 Å². The quantitative estimate of drug-likeness (QED) is 0.673. The molecule has 0 radical (unpaired) electrons. The maximum atomic E-state index is 5.56. The second kappa shape index (κ2) is 7.64. The summed E-state index contributed by atoms with van der Waals surface area (Å²) in [5.74, 6) is 3.59. The van der Waals surface area contributed by atoms with Gasteiger partial charge in [-0.25, -0.2) is 0 Å². The van der Waals surface area contributed by atoms with E-state index in [9.17, 15) is 0 Å². The monoisotopic (exact) mass is 365 g/mol. The highest BCUT2D eigenvalue weighted by Crippen LogP contribution is 2.31. The number of hydrogen-bond acceptors (Lipinski definition) is 5. The molecule has 1 aromatic heterocycles. The number of benzene rings is 2. The van der Waals surface area contributed by atoms with Crippen molar-refractivity contribution >= 4 is 11.8 Å². The zero-order chi connectivity index (χ0) is 17.9. The SMILES string of the molecule is Cc1ccc(C2CSCCN2Cc2nc(-c3cccc(C)c3)no2)cc1. The van der Waals surface area contributed by atoms with Gasteiger partial charge in [0, 0.05) is 29.7 Å². The van der Waals surface area contributed by atoms with Crippen LogP contribution in [0.1, 0.15) is 28.6 Å². The van der Waals surface area contributed by atoms with Crippen molar-refractivity contribution < 1.29 is 4.52 Å². The number of aryl methyl sites for hydroxylation is 2. The lowest BCUT2D eigenvalue weighted by Gasteiger charge is -2.34. The maximum Gasteiger partial charge on any atom is 0.241 e. The van der Waals surface area contributed by atoms with E-state index < -0.39 is 0 Å². The van der Waals surface area contributed by atoms with Crippen LogP contribution in [0.15, 0.2) is 53.1 Å². The van der Waals surface area contributed by atoms with Crippen LogP contribution < -0.4 is 0 Å². The van der Waals surface area contributed by atoms with Crippen LogP contribution in [0.3, 0.4) is 0 Å². The molecule has 26 heavy (non-hydrogen) atoms. The zero-order valence-electron chi connectivity index (χ0n) is 15.2. The molecule has 0 N–H and O–H groups in total. The minimum atomic E-state index is 0.392. The van der Waals surface area contributed by atoms with Gasteiger partial charge >= 0.3 is 0 Å². The summed E-state index contributed by atoms with van der Waals surface area (Å²) in [7, 11) is 0.